The lowest BCUT2D eigenvalue weighted by Gasteiger charge is -2.39. The topological polar surface area (TPSA) is 76.5 Å². The Morgan fingerprint density at radius 1 is 1.20 bits per heavy atom. The first kappa shape index (κ1) is 22.4. The molecular weight excluding hydrogens is 404 g/mol. The van der Waals surface area contributed by atoms with Crippen molar-refractivity contribution in [2.24, 2.45) is 0 Å². The third-order valence-corrected chi connectivity index (χ3v) is 5.83. The summed E-state index contributed by atoms with van der Waals surface area (Å²) < 4.78 is 5.08. The largest absolute Gasteiger partial charge is 0.524 e. The van der Waals surface area contributed by atoms with Crippen LogP contribution in [0.15, 0.2) is 48.8 Å². The summed E-state index contributed by atoms with van der Waals surface area (Å²) in [5, 5.41) is 12.3. The summed E-state index contributed by atoms with van der Waals surface area (Å²) in [6.07, 6.45) is 3.68. The van der Waals surface area contributed by atoms with E-state index in [0.29, 0.717) is 17.9 Å². The van der Waals surface area contributed by atoms with E-state index in [1.54, 1.807) is 63.4 Å². The van der Waals surface area contributed by atoms with Crippen LogP contribution in [0.25, 0.3) is 0 Å². The van der Waals surface area contributed by atoms with Crippen molar-refractivity contribution in [1.29, 1.82) is 0 Å². The van der Waals surface area contributed by atoms with Gasteiger partial charge < -0.3 is 9.84 Å². The molecule has 0 bridgehead atoms. The minimum Gasteiger partial charge on any atom is -0.414 e. The van der Waals surface area contributed by atoms with Crippen molar-refractivity contribution in [2.75, 3.05) is 6.54 Å². The first-order chi connectivity index (χ1) is 14.0. The summed E-state index contributed by atoms with van der Waals surface area (Å²) in [5.74, 6) is -0.656. The molecule has 160 valence electrons. The second-order valence-electron chi connectivity index (χ2n) is 8.83. The first-order valence-electron chi connectivity index (χ1n) is 10.1. The number of carbonyl (C=O) groups excluding carboxylic acids is 2. The van der Waals surface area contributed by atoms with Crippen molar-refractivity contribution in [2.45, 2.75) is 57.8 Å². The van der Waals surface area contributed by atoms with Crippen LogP contribution in [0.5, 0.6) is 0 Å². The van der Waals surface area contributed by atoms with Crippen LogP contribution in [0.4, 0.5) is 4.79 Å². The van der Waals surface area contributed by atoms with Crippen molar-refractivity contribution >= 4 is 23.6 Å². The van der Waals surface area contributed by atoms with E-state index in [1.165, 1.54) is 6.20 Å². The Kier molecular flexibility index (Phi) is 6.05. The maximum absolute atomic E-state index is 14.2. The highest BCUT2D eigenvalue weighted by molar-refractivity contribution is 6.30. The second kappa shape index (κ2) is 8.10. The molecule has 0 radical (unpaired) electrons. The van der Waals surface area contributed by atoms with Gasteiger partial charge in [-0.3, -0.25) is 4.98 Å². The van der Waals surface area contributed by atoms with Gasteiger partial charge in [-0.1, -0.05) is 29.8 Å². The van der Waals surface area contributed by atoms with E-state index in [0.717, 1.165) is 0 Å². The Bertz CT molecular complexity index is 944. The van der Waals surface area contributed by atoms with Crippen molar-refractivity contribution < 1.29 is 23.9 Å². The molecule has 30 heavy (non-hydrogen) atoms. The predicted octanol–water partition coefficient (Wildman–Crippen LogP) is 4.43. The van der Waals surface area contributed by atoms with Gasteiger partial charge in [0.2, 0.25) is 5.60 Å². The standard InChI is InChI=1S/C23H28ClN2O4/c1-16-8-7-13-26(16,21(28)30-22(2,3)4)20(27)23(29,18-10-6-12-25-15-18)17-9-5-11-19(24)14-17/h5-6,9-12,14-16,29H,7-8,13H2,1-4H3/q+1/t16-,23?,26?/m1/s1. The molecule has 7 heteroatoms. The molecule has 1 aromatic carbocycles. The molecule has 1 aliphatic heterocycles. The number of nitrogens with zero attached hydrogens (tertiary/aromatic N) is 2. The number of hydrogen-bond acceptors (Lipinski definition) is 5. The average molecular weight is 432 g/mol. The van der Waals surface area contributed by atoms with Gasteiger partial charge in [0.15, 0.2) is 0 Å². The summed E-state index contributed by atoms with van der Waals surface area (Å²) in [4.78, 5) is 31.7. The molecule has 6 nitrogen and oxygen atoms in total. The van der Waals surface area contributed by atoms with Gasteiger partial charge in [-0.15, -0.1) is 0 Å². The zero-order valence-corrected chi connectivity index (χ0v) is 18.5. The number of amides is 2. The lowest BCUT2D eigenvalue weighted by Crippen LogP contribution is -2.66. The smallest absolute Gasteiger partial charge is 0.414 e. The van der Waals surface area contributed by atoms with Crippen molar-refractivity contribution in [3.63, 3.8) is 0 Å². The Balaban J connectivity index is 2.21. The number of likely N-dealkylation sites (tertiary alicyclic amines) is 1. The maximum Gasteiger partial charge on any atom is 0.524 e. The van der Waals surface area contributed by atoms with Gasteiger partial charge >= 0.3 is 12.0 Å². The fourth-order valence-electron chi connectivity index (χ4n) is 4.07. The molecule has 3 atom stereocenters. The van der Waals surface area contributed by atoms with Gasteiger partial charge in [0, 0.05) is 41.4 Å². The van der Waals surface area contributed by atoms with Crippen molar-refractivity contribution in [3.05, 3.63) is 64.9 Å². The summed E-state index contributed by atoms with van der Waals surface area (Å²) in [6, 6.07) is 9.42. The number of aromatic nitrogens is 1. The Labute approximate surface area is 182 Å². The average Bonchev–Trinajstić information content (AvgIpc) is 3.08. The number of pyridine rings is 1. The molecule has 1 fully saturated rings. The minimum atomic E-state index is -2.12. The van der Waals surface area contributed by atoms with Crippen LogP contribution in [0.3, 0.4) is 0 Å². The molecule has 0 saturated carbocycles. The second-order valence-corrected chi connectivity index (χ2v) is 9.27. The Morgan fingerprint density at radius 2 is 1.90 bits per heavy atom. The third kappa shape index (κ3) is 3.87. The first-order valence-corrected chi connectivity index (χ1v) is 10.4. The zero-order chi connectivity index (χ0) is 22.2. The summed E-state index contributed by atoms with van der Waals surface area (Å²) >= 11 is 6.18. The number of rotatable bonds is 3. The van der Waals surface area contributed by atoms with Gasteiger partial charge in [-0.2, -0.15) is 9.28 Å². The van der Waals surface area contributed by atoms with E-state index < -0.39 is 27.7 Å². The molecule has 1 aliphatic rings. The van der Waals surface area contributed by atoms with Crippen molar-refractivity contribution in [1.82, 2.24) is 4.98 Å². The molecule has 2 unspecified atom stereocenters. The summed E-state index contributed by atoms with van der Waals surface area (Å²) in [7, 11) is 0. The quantitative estimate of drug-likeness (QED) is 0.727. The lowest BCUT2D eigenvalue weighted by molar-refractivity contribution is -0.797. The molecule has 1 saturated heterocycles. The van der Waals surface area contributed by atoms with Crippen LogP contribution in [0, 0.1) is 0 Å². The van der Waals surface area contributed by atoms with Crippen LogP contribution in [0.2, 0.25) is 5.02 Å². The van der Waals surface area contributed by atoms with Gasteiger partial charge in [-0.05, 0) is 45.9 Å². The Morgan fingerprint density at radius 3 is 2.43 bits per heavy atom. The SMILES string of the molecule is C[C@@H]1CCC[N+]1(C(=O)OC(C)(C)C)C(=O)C(O)(c1cccnc1)c1cccc(Cl)c1. The lowest BCUT2D eigenvalue weighted by atomic mass is 9.84. The number of imide groups is 1. The van der Waals surface area contributed by atoms with Gasteiger partial charge in [0.25, 0.3) is 0 Å². The van der Waals surface area contributed by atoms with Crippen LogP contribution in [0.1, 0.15) is 51.7 Å². The molecular formula is C23H28ClN2O4+. The molecule has 1 aromatic heterocycles. The van der Waals surface area contributed by atoms with Crippen LogP contribution in [-0.4, -0.2) is 44.8 Å². The molecule has 3 rings (SSSR count). The van der Waals surface area contributed by atoms with Gasteiger partial charge in [0.1, 0.15) is 11.6 Å². The normalized spacial score (nSPS) is 23.6. The number of carbonyl (C=O) groups is 2. The van der Waals surface area contributed by atoms with Crippen LogP contribution >= 0.6 is 11.6 Å². The van der Waals surface area contributed by atoms with E-state index in [2.05, 4.69) is 4.98 Å². The minimum absolute atomic E-state index is 0.262. The van der Waals surface area contributed by atoms with Crippen LogP contribution in [-0.2, 0) is 15.1 Å². The highest BCUT2D eigenvalue weighted by atomic mass is 35.5. The highest BCUT2D eigenvalue weighted by Gasteiger charge is 2.62. The fourth-order valence-corrected chi connectivity index (χ4v) is 4.26. The molecule has 2 amide bonds. The van der Waals surface area contributed by atoms with E-state index >= 15 is 0 Å². The molecule has 2 heterocycles. The maximum atomic E-state index is 14.2. The van der Waals surface area contributed by atoms with Crippen molar-refractivity contribution in [3.8, 4) is 0 Å². The van der Waals surface area contributed by atoms with Crippen LogP contribution < -0.4 is 0 Å². The third-order valence-electron chi connectivity index (χ3n) is 5.60. The summed E-state index contributed by atoms with van der Waals surface area (Å²) in [5.41, 5.74) is -2.33. The number of quaternary nitrogens is 1. The fraction of sp³-hybridized carbons (Fsp3) is 0.435. The zero-order valence-electron chi connectivity index (χ0n) is 17.8. The molecule has 1 N–H and O–H groups in total. The van der Waals surface area contributed by atoms with E-state index in [4.69, 9.17) is 16.3 Å². The van der Waals surface area contributed by atoms with E-state index in [1.807, 2.05) is 6.92 Å². The number of ether oxygens (including phenoxy) is 1. The molecule has 0 spiro atoms. The number of halogens is 1. The van der Waals surface area contributed by atoms with E-state index in [-0.39, 0.29) is 23.7 Å². The number of hydrogen-bond donors (Lipinski definition) is 1. The highest BCUT2D eigenvalue weighted by Crippen LogP contribution is 2.40. The predicted molar refractivity (Wildman–Crippen MR) is 114 cm³/mol. The van der Waals surface area contributed by atoms with E-state index in [9.17, 15) is 14.7 Å². The van der Waals surface area contributed by atoms with Gasteiger partial charge in [0.05, 0.1) is 6.54 Å². The number of benzene rings is 1. The molecule has 2 aromatic rings. The monoisotopic (exact) mass is 431 g/mol. The van der Waals surface area contributed by atoms with Gasteiger partial charge in [-0.25, -0.2) is 4.79 Å². The Hall–Kier alpha value is -2.28. The number of aliphatic hydroxyl groups is 1. The molecule has 0 aliphatic carbocycles. The summed E-state index contributed by atoms with van der Waals surface area (Å²) in [6.45, 7) is 7.39.